The monoisotopic (exact) mass is 598 g/mol. The lowest BCUT2D eigenvalue weighted by Crippen LogP contribution is -2.30. The third-order valence-corrected chi connectivity index (χ3v) is 7.91. The number of para-hydroxylation sites is 1. The van der Waals surface area contributed by atoms with Gasteiger partial charge in [0.05, 0.1) is 6.54 Å². The summed E-state index contributed by atoms with van der Waals surface area (Å²) in [5, 5.41) is 6.06. The fraction of sp³-hybridized carbons (Fsp3) is 0.459. The van der Waals surface area contributed by atoms with E-state index < -0.39 is 6.03 Å². The summed E-state index contributed by atoms with van der Waals surface area (Å²) in [5.74, 6) is 7.35. The van der Waals surface area contributed by atoms with Gasteiger partial charge in [0.1, 0.15) is 18.0 Å². The highest BCUT2D eigenvalue weighted by molar-refractivity contribution is 6.01. The number of aryl methyl sites for hydroxylation is 1. The van der Waals surface area contributed by atoms with Crippen LogP contribution in [0, 0.1) is 18.8 Å². The van der Waals surface area contributed by atoms with Gasteiger partial charge in [0.2, 0.25) is 0 Å². The molecule has 44 heavy (non-hydrogen) atoms. The van der Waals surface area contributed by atoms with Gasteiger partial charge >= 0.3 is 6.03 Å². The number of unbranched alkanes of at least 4 members (excludes halogenated alkanes) is 1. The Balaban J connectivity index is 1.89. The van der Waals surface area contributed by atoms with Gasteiger partial charge in [-0.05, 0) is 91.2 Å². The Kier molecular flexibility index (Phi) is 13.1. The van der Waals surface area contributed by atoms with Crippen molar-refractivity contribution in [2.75, 3.05) is 36.9 Å². The number of hydrogen-bond donors (Lipinski definition) is 2. The predicted octanol–water partition coefficient (Wildman–Crippen LogP) is 8.10. The molecule has 0 spiro atoms. The fourth-order valence-electron chi connectivity index (χ4n) is 5.22. The van der Waals surface area contributed by atoms with Gasteiger partial charge in [-0.3, -0.25) is 14.3 Å². The lowest BCUT2D eigenvalue weighted by molar-refractivity contribution is 0.262. The van der Waals surface area contributed by atoms with Crippen molar-refractivity contribution >= 4 is 17.4 Å². The molecule has 0 atom stereocenters. The number of urea groups is 1. The Morgan fingerprint density at radius 2 is 1.52 bits per heavy atom. The molecule has 0 aliphatic heterocycles. The molecule has 0 saturated heterocycles. The van der Waals surface area contributed by atoms with Crippen LogP contribution in [-0.2, 0) is 6.42 Å². The highest BCUT2D eigenvalue weighted by Gasteiger charge is 2.20. The molecule has 2 amide bonds. The second-order valence-corrected chi connectivity index (χ2v) is 11.7. The second kappa shape index (κ2) is 16.7. The minimum absolute atomic E-state index is 0.229. The lowest BCUT2D eigenvalue weighted by Gasteiger charge is -2.21. The van der Waals surface area contributed by atoms with E-state index in [4.69, 9.17) is 4.74 Å². The van der Waals surface area contributed by atoms with Crippen molar-refractivity contribution in [3.8, 4) is 23.3 Å². The van der Waals surface area contributed by atoms with E-state index >= 15 is 0 Å². The highest BCUT2D eigenvalue weighted by atomic mass is 16.5. The zero-order chi connectivity index (χ0) is 32.2. The van der Waals surface area contributed by atoms with Crippen LogP contribution in [-0.4, -0.2) is 41.7 Å². The normalized spacial score (nSPS) is 11.1. The van der Waals surface area contributed by atoms with Crippen LogP contribution in [0.4, 0.5) is 16.2 Å². The molecule has 2 N–H and O–H groups in total. The first-order chi connectivity index (χ1) is 21.1. The van der Waals surface area contributed by atoms with Crippen LogP contribution in [0.3, 0.4) is 0 Å². The minimum Gasteiger partial charge on any atom is -0.481 e. The maximum absolute atomic E-state index is 13.9. The summed E-state index contributed by atoms with van der Waals surface area (Å²) in [4.78, 5) is 29.7. The number of amides is 2. The molecule has 0 unspecified atom stereocenters. The lowest BCUT2D eigenvalue weighted by atomic mass is 9.93. The average molecular weight is 599 g/mol. The van der Waals surface area contributed by atoms with Crippen molar-refractivity contribution in [1.82, 2.24) is 9.47 Å². The van der Waals surface area contributed by atoms with Crippen molar-refractivity contribution in [2.24, 2.45) is 0 Å². The number of carbonyl (C=O) groups excluding carboxylic acids is 1. The van der Waals surface area contributed by atoms with Crippen molar-refractivity contribution in [3.05, 3.63) is 81.3 Å². The van der Waals surface area contributed by atoms with E-state index in [2.05, 4.69) is 75.8 Å². The zero-order valence-electron chi connectivity index (χ0n) is 27.8. The molecule has 236 valence electrons. The Bertz CT molecular complexity index is 1480. The minimum atomic E-state index is -0.419. The maximum atomic E-state index is 13.9. The average Bonchev–Trinajstić information content (AvgIpc) is 3.00. The van der Waals surface area contributed by atoms with Crippen molar-refractivity contribution in [3.63, 3.8) is 0 Å². The number of nitrogens with zero attached hydrogens (tertiary/aromatic N) is 2. The molecule has 0 fully saturated rings. The number of ether oxygens (including phenoxy) is 1. The molecular formula is C37H50N4O3. The fourth-order valence-corrected chi connectivity index (χ4v) is 5.22. The van der Waals surface area contributed by atoms with E-state index in [1.54, 1.807) is 4.57 Å². The van der Waals surface area contributed by atoms with Gasteiger partial charge in [-0.2, -0.15) is 0 Å². The zero-order valence-corrected chi connectivity index (χ0v) is 27.8. The summed E-state index contributed by atoms with van der Waals surface area (Å²) in [7, 11) is 0. The Morgan fingerprint density at radius 1 is 0.909 bits per heavy atom. The summed E-state index contributed by atoms with van der Waals surface area (Å²) in [6, 6.07) is 13.1. The van der Waals surface area contributed by atoms with Crippen molar-refractivity contribution in [2.45, 2.75) is 86.5 Å². The van der Waals surface area contributed by atoms with Crippen LogP contribution in [0.15, 0.2) is 53.5 Å². The first kappa shape index (κ1) is 34.5. The van der Waals surface area contributed by atoms with Crippen LogP contribution in [0.2, 0.25) is 0 Å². The summed E-state index contributed by atoms with van der Waals surface area (Å²) in [6.45, 7) is 19.8. The van der Waals surface area contributed by atoms with Gasteiger partial charge in [-0.25, -0.2) is 4.79 Å². The summed E-state index contributed by atoms with van der Waals surface area (Å²) in [5.41, 5.74) is 5.49. The molecule has 1 aromatic heterocycles. The molecular weight excluding hydrogens is 548 g/mol. The second-order valence-electron chi connectivity index (χ2n) is 11.7. The molecule has 0 aliphatic carbocycles. The molecule has 7 heteroatoms. The molecule has 3 rings (SSSR count). The van der Waals surface area contributed by atoms with E-state index in [9.17, 15) is 9.59 Å². The molecule has 0 aliphatic rings. The van der Waals surface area contributed by atoms with Gasteiger partial charge in [0.25, 0.3) is 5.56 Å². The smallest absolute Gasteiger partial charge is 0.323 e. The highest BCUT2D eigenvalue weighted by Crippen LogP contribution is 2.32. The van der Waals surface area contributed by atoms with Crippen LogP contribution < -0.4 is 20.9 Å². The largest absolute Gasteiger partial charge is 0.481 e. The Morgan fingerprint density at radius 3 is 2.09 bits per heavy atom. The Hall–Kier alpha value is -4.02. The summed E-state index contributed by atoms with van der Waals surface area (Å²) < 4.78 is 7.40. The van der Waals surface area contributed by atoms with Crippen molar-refractivity contribution < 1.29 is 9.53 Å². The number of rotatable bonds is 13. The molecule has 3 aromatic rings. The standard InChI is InChI=1S/C37H50N4O3/c1-9-12-16-33-28(8)25-41(29-19-21-30(22-20-29)44-24-14-13-23-40(10-2)11-3)36(42)35(33)39-37(43)38-34-31(26(4)5)17-15-18-32(34)27(6)7/h15,17-22,25-27H,9-12,16,23-24H2,1-8H3,(H2,38,39,43). The van der Waals surface area contributed by atoms with E-state index in [0.717, 1.165) is 60.4 Å². The number of hydrogen-bond acceptors (Lipinski definition) is 4. The van der Waals surface area contributed by atoms with Crippen LogP contribution in [0.5, 0.6) is 5.75 Å². The number of aromatic nitrogens is 1. The van der Waals surface area contributed by atoms with Crippen LogP contribution >= 0.6 is 0 Å². The SMILES string of the molecule is CCCCc1c(C)cn(-c2ccc(OCC#CCN(CC)CC)cc2)c(=O)c1NC(=O)Nc1c(C(C)C)cccc1C(C)C. The number of pyridine rings is 1. The van der Waals surface area contributed by atoms with Gasteiger partial charge in [0.15, 0.2) is 0 Å². The van der Waals surface area contributed by atoms with Gasteiger partial charge in [-0.1, -0.05) is 84.9 Å². The Labute approximate surface area is 264 Å². The first-order valence-electron chi connectivity index (χ1n) is 16.0. The van der Waals surface area contributed by atoms with Crippen LogP contribution in [0.1, 0.15) is 95.4 Å². The molecule has 0 saturated carbocycles. The van der Waals surface area contributed by atoms with Crippen LogP contribution in [0.25, 0.3) is 5.69 Å². The van der Waals surface area contributed by atoms with Crippen molar-refractivity contribution in [1.29, 1.82) is 0 Å². The number of nitrogens with one attached hydrogen (secondary N) is 2. The van der Waals surface area contributed by atoms with E-state index in [1.165, 1.54) is 0 Å². The topological polar surface area (TPSA) is 75.6 Å². The van der Waals surface area contributed by atoms with E-state index in [-0.39, 0.29) is 17.4 Å². The first-order valence-corrected chi connectivity index (χ1v) is 16.0. The van der Waals surface area contributed by atoms with E-state index in [0.29, 0.717) is 30.2 Å². The number of benzene rings is 2. The van der Waals surface area contributed by atoms with Gasteiger partial charge < -0.3 is 15.4 Å². The quantitative estimate of drug-likeness (QED) is 0.195. The molecule has 0 bridgehead atoms. The molecule has 0 radical (unpaired) electrons. The molecule has 7 nitrogen and oxygen atoms in total. The summed E-state index contributed by atoms with van der Waals surface area (Å²) in [6.07, 6.45) is 4.46. The predicted molar refractivity (Wildman–Crippen MR) is 184 cm³/mol. The molecule has 1 heterocycles. The third kappa shape index (κ3) is 9.00. The molecule has 2 aromatic carbocycles. The van der Waals surface area contributed by atoms with E-state index in [1.807, 2.05) is 55.6 Å². The van der Waals surface area contributed by atoms with Gasteiger partial charge in [0, 0.05) is 17.6 Å². The number of carbonyl (C=O) groups is 1. The summed E-state index contributed by atoms with van der Waals surface area (Å²) >= 11 is 0. The maximum Gasteiger partial charge on any atom is 0.323 e. The third-order valence-electron chi connectivity index (χ3n) is 7.91. The number of anilines is 2. The van der Waals surface area contributed by atoms with Gasteiger partial charge in [-0.15, -0.1) is 0 Å².